The van der Waals surface area contributed by atoms with E-state index >= 15 is 0 Å². The van der Waals surface area contributed by atoms with Crippen molar-refractivity contribution in [3.8, 4) is 22.4 Å². The van der Waals surface area contributed by atoms with Crippen molar-refractivity contribution in [2.24, 2.45) is 0 Å². The molecule has 0 aliphatic heterocycles. The molecule has 6 aromatic rings. The number of carbonyl (C=O) groups excluding carboxylic acids is 2. The molecule has 4 N–H and O–H groups in total. The quantitative estimate of drug-likeness (QED) is 0.0824. The first kappa shape index (κ1) is 36.2. The van der Waals surface area contributed by atoms with Gasteiger partial charge in [0.25, 0.3) is 0 Å². The number of aromatic amines is 2. The zero-order valence-corrected chi connectivity index (χ0v) is 31.0. The Kier molecular flexibility index (Phi) is 9.61. The second-order valence-electron chi connectivity index (χ2n) is 15.2. The van der Waals surface area contributed by atoms with Gasteiger partial charge < -0.3 is 19.4 Å². The lowest BCUT2D eigenvalue weighted by molar-refractivity contribution is -0.147. The first-order valence-corrected chi connectivity index (χ1v) is 17.7. The molecular formula is C42H46N6O4. The lowest BCUT2D eigenvalue weighted by Crippen LogP contribution is -2.31. The van der Waals surface area contributed by atoms with E-state index in [4.69, 9.17) is 25.3 Å². The number of nitrogens with zero attached hydrogens (tertiary/aromatic N) is 2. The molecule has 0 saturated heterocycles. The number of carbonyl (C=O) groups is 2. The lowest BCUT2D eigenvalue weighted by atomic mass is 9.97. The molecule has 0 saturated carbocycles. The van der Waals surface area contributed by atoms with E-state index in [2.05, 4.69) is 69.5 Å². The lowest BCUT2D eigenvalue weighted by Gasteiger charge is -2.21. The first-order chi connectivity index (χ1) is 24.5. The Labute approximate surface area is 303 Å². The monoisotopic (exact) mass is 698 g/mol. The molecule has 0 aliphatic carbocycles. The van der Waals surface area contributed by atoms with E-state index < -0.39 is 35.0 Å². The van der Waals surface area contributed by atoms with Gasteiger partial charge in [-0.15, -0.1) is 0 Å². The topological polar surface area (TPSA) is 158 Å². The molecule has 0 amide bonds. The van der Waals surface area contributed by atoms with E-state index in [1.165, 1.54) is 0 Å². The van der Waals surface area contributed by atoms with E-state index in [1.54, 1.807) is 47.7 Å². The minimum absolute atomic E-state index is 0.109. The van der Waals surface area contributed by atoms with E-state index in [-0.39, 0.29) is 11.4 Å². The standard InChI is InChI=1S/C42H46N6O4/c1-9-29(34(43)39(49)51-41(3,4)5)37-45-22-33(47-37)28-14-13-24-19-23(11-12-25(24)21-28)26-15-17-31-27(20-26)16-18-32-36(31)48-38(46-32)30(10-2)35(44)40(50)52-42(6,7)8/h11-22,29-30,43-44H,9-10H2,1-8H3,(H,45,47)(H,46,48)/t29-,30-/m0/s1. The van der Waals surface area contributed by atoms with Gasteiger partial charge in [-0.3, -0.25) is 10.8 Å². The third-order valence-electron chi connectivity index (χ3n) is 8.98. The van der Waals surface area contributed by atoms with Gasteiger partial charge in [-0.05, 0) is 106 Å². The second kappa shape index (κ2) is 13.8. The van der Waals surface area contributed by atoms with Crippen LogP contribution in [0.1, 0.15) is 91.7 Å². The summed E-state index contributed by atoms with van der Waals surface area (Å²) in [6.07, 6.45) is 2.82. The van der Waals surface area contributed by atoms with Gasteiger partial charge in [-0.2, -0.15) is 0 Å². The number of benzene rings is 4. The van der Waals surface area contributed by atoms with E-state index in [1.807, 2.05) is 26.0 Å². The number of hydrogen-bond donors (Lipinski definition) is 4. The molecule has 4 aromatic carbocycles. The van der Waals surface area contributed by atoms with Crippen molar-refractivity contribution in [1.29, 1.82) is 10.8 Å². The maximum Gasteiger partial charge on any atom is 0.353 e. The summed E-state index contributed by atoms with van der Waals surface area (Å²) in [6, 6.07) is 23.0. The van der Waals surface area contributed by atoms with Crippen LogP contribution in [0.15, 0.2) is 72.9 Å². The van der Waals surface area contributed by atoms with Crippen molar-refractivity contribution in [1.82, 2.24) is 19.9 Å². The molecule has 2 atom stereocenters. The molecule has 0 bridgehead atoms. The minimum atomic E-state index is -0.680. The van der Waals surface area contributed by atoms with E-state index in [0.29, 0.717) is 24.5 Å². The van der Waals surface area contributed by atoms with Crippen LogP contribution in [0.5, 0.6) is 0 Å². The number of hydrogen-bond acceptors (Lipinski definition) is 8. The Morgan fingerprint density at radius 3 is 1.75 bits per heavy atom. The SMILES string of the molecule is CC[C@@H](C(=N)C(=O)OC(C)(C)C)c1ncc(-c2ccc3cc(-c4ccc5c(ccc6[nH]c([C@@H](CC)C(=N)C(=O)OC(C)(C)C)nc65)c4)ccc3c2)[nH]1. The third-order valence-corrected chi connectivity index (χ3v) is 8.98. The maximum atomic E-state index is 12.7. The highest BCUT2D eigenvalue weighted by Crippen LogP contribution is 2.33. The summed E-state index contributed by atoms with van der Waals surface area (Å²) in [4.78, 5) is 41.4. The normalized spacial score (nSPS) is 13.3. The summed E-state index contributed by atoms with van der Waals surface area (Å²) >= 11 is 0. The van der Waals surface area contributed by atoms with Crippen molar-refractivity contribution in [3.63, 3.8) is 0 Å². The highest BCUT2D eigenvalue weighted by Gasteiger charge is 2.30. The fraction of sp³-hybridized carbons (Fsp3) is 0.333. The van der Waals surface area contributed by atoms with Crippen LogP contribution in [-0.4, -0.2) is 54.5 Å². The average Bonchev–Trinajstić information content (AvgIpc) is 3.75. The number of fused-ring (bicyclic) bond motifs is 4. The summed E-state index contributed by atoms with van der Waals surface area (Å²) in [6.45, 7) is 14.6. The van der Waals surface area contributed by atoms with Crippen molar-refractivity contribution in [2.75, 3.05) is 0 Å². The smallest absolute Gasteiger partial charge is 0.353 e. The Morgan fingerprint density at radius 2 is 1.17 bits per heavy atom. The fourth-order valence-electron chi connectivity index (χ4n) is 6.44. The van der Waals surface area contributed by atoms with Crippen LogP contribution in [0.3, 0.4) is 0 Å². The van der Waals surface area contributed by atoms with Crippen LogP contribution in [0.25, 0.3) is 55.0 Å². The van der Waals surface area contributed by atoms with Gasteiger partial charge in [0.15, 0.2) is 0 Å². The predicted octanol–water partition coefficient (Wildman–Crippen LogP) is 9.64. The molecule has 6 rings (SSSR count). The fourth-order valence-corrected chi connectivity index (χ4v) is 6.44. The molecule has 0 aliphatic rings. The van der Waals surface area contributed by atoms with Gasteiger partial charge in [0.2, 0.25) is 0 Å². The Bertz CT molecular complexity index is 2350. The van der Waals surface area contributed by atoms with Gasteiger partial charge in [-0.1, -0.05) is 56.3 Å². The molecule has 2 aromatic heterocycles. The van der Waals surface area contributed by atoms with Crippen LogP contribution in [-0.2, 0) is 19.1 Å². The van der Waals surface area contributed by atoms with Gasteiger partial charge in [0.05, 0.1) is 34.8 Å². The molecule has 0 radical (unpaired) electrons. The first-order valence-electron chi connectivity index (χ1n) is 17.7. The van der Waals surface area contributed by atoms with Crippen LogP contribution in [0.2, 0.25) is 0 Å². The summed E-state index contributed by atoms with van der Waals surface area (Å²) in [5, 5.41) is 21.2. The zero-order valence-electron chi connectivity index (χ0n) is 31.0. The minimum Gasteiger partial charge on any atom is -0.455 e. The van der Waals surface area contributed by atoms with Gasteiger partial charge >= 0.3 is 11.9 Å². The predicted molar refractivity (Wildman–Crippen MR) is 207 cm³/mol. The van der Waals surface area contributed by atoms with Crippen molar-refractivity contribution in [2.45, 2.75) is 91.3 Å². The number of rotatable bonds is 10. The number of nitrogens with one attached hydrogen (secondary N) is 4. The molecule has 0 fully saturated rings. The molecule has 10 heteroatoms. The number of ether oxygens (including phenoxy) is 2. The number of H-pyrrole nitrogens is 2. The molecular weight excluding hydrogens is 652 g/mol. The summed E-state index contributed by atoms with van der Waals surface area (Å²) < 4.78 is 10.9. The zero-order chi connectivity index (χ0) is 37.5. The Balaban J connectivity index is 1.23. The Hall–Kier alpha value is -5.64. The summed E-state index contributed by atoms with van der Waals surface area (Å²) in [7, 11) is 0. The third kappa shape index (κ3) is 7.51. The van der Waals surface area contributed by atoms with E-state index in [0.717, 1.165) is 55.0 Å². The highest BCUT2D eigenvalue weighted by molar-refractivity contribution is 6.37. The number of aromatic nitrogens is 4. The number of imidazole rings is 2. The van der Waals surface area contributed by atoms with Crippen LogP contribution in [0, 0.1) is 10.8 Å². The van der Waals surface area contributed by atoms with Gasteiger partial charge in [0, 0.05) is 10.9 Å². The van der Waals surface area contributed by atoms with Crippen molar-refractivity contribution >= 4 is 55.9 Å². The maximum absolute atomic E-state index is 12.7. The molecule has 0 spiro atoms. The largest absolute Gasteiger partial charge is 0.455 e. The van der Waals surface area contributed by atoms with Crippen molar-refractivity contribution < 1.29 is 19.1 Å². The van der Waals surface area contributed by atoms with Crippen LogP contribution in [0.4, 0.5) is 0 Å². The number of esters is 2. The van der Waals surface area contributed by atoms with Crippen LogP contribution >= 0.6 is 0 Å². The van der Waals surface area contributed by atoms with Crippen molar-refractivity contribution in [3.05, 3.63) is 84.6 Å². The van der Waals surface area contributed by atoms with Crippen LogP contribution < -0.4 is 0 Å². The summed E-state index contributed by atoms with van der Waals surface area (Å²) in [5.41, 5.74) is 3.99. The molecule has 2 heterocycles. The second-order valence-corrected chi connectivity index (χ2v) is 15.2. The average molecular weight is 699 g/mol. The highest BCUT2D eigenvalue weighted by atomic mass is 16.6. The van der Waals surface area contributed by atoms with Gasteiger partial charge in [0.1, 0.15) is 34.3 Å². The summed E-state index contributed by atoms with van der Waals surface area (Å²) in [5.74, 6) is -1.11. The molecule has 52 heavy (non-hydrogen) atoms. The molecule has 0 unspecified atom stereocenters. The van der Waals surface area contributed by atoms with Gasteiger partial charge in [-0.25, -0.2) is 19.6 Å². The van der Waals surface area contributed by atoms with E-state index in [9.17, 15) is 9.59 Å². The molecule has 10 nitrogen and oxygen atoms in total. The molecule has 268 valence electrons. The Morgan fingerprint density at radius 1 is 0.673 bits per heavy atom.